The van der Waals surface area contributed by atoms with Crippen LogP contribution in [0.15, 0.2) is 55.1 Å². The second-order valence-electron chi connectivity index (χ2n) is 4.84. The van der Waals surface area contributed by atoms with Crippen LogP contribution in [0.1, 0.15) is 5.69 Å². The molecule has 0 spiro atoms. The molecule has 0 N–H and O–H groups in total. The van der Waals surface area contributed by atoms with Gasteiger partial charge in [0.25, 0.3) is 0 Å². The van der Waals surface area contributed by atoms with Crippen molar-refractivity contribution >= 4 is 17.2 Å². The third-order valence-corrected chi connectivity index (χ3v) is 4.23. The summed E-state index contributed by atoms with van der Waals surface area (Å²) in [5, 5.41) is 0. The fourth-order valence-electron chi connectivity index (χ4n) is 2.38. The van der Waals surface area contributed by atoms with Crippen LogP contribution in [0.4, 0.5) is 0 Å². The van der Waals surface area contributed by atoms with E-state index in [2.05, 4.69) is 26.6 Å². The summed E-state index contributed by atoms with van der Waals surface area (Å²) in [5.41, 5.74) is 5.11. The average Bonchev–Trinajstić information content (AvgIpc) is 3.15. The van der Waals surface area contributed by atoms with E-state index in [0.717, 1.165) is 33.0 Å². The Hall–Kier alpha value is -2.53. The molecule has 4 nitrogen and oxygen atoms in total. The second-order valence-corrected chi connectivity index (χ2v) is 5.64. The van der Waals surface area contributed by atoms with Gasteiger partial charge in [0.15, 0.2) is 0 Å². The maximum absolute atomic E-state index is 4.60. The van der Waals surface area contributed by atoms with Gasteiger partial charge in [0.1, 0.15) is 5.65 Å². The molecule has 21 heavy (non-hydrogen) atoms. The van der Waals surface area contributed by atoms with E-state index in [1.54, 1.807) is 6.20 Å². The Balaban J connectivity index is 1.88. The molecule has 0 aliphatic carbocycles. The smallest absolute Gasteiger partial charge is 0.136 e. The summed E-state index contributed by atoms with van der Waals surface area (Å²) in [6.07, 6.45) is 7.72. The molecule has 0 radical (unpaired) electrons. The van der Waals surface area contributed by atoms with Crippen LogP contribution in [0.25, 0.3) is 27.3 Å². The predicted molar refractivity (Wildman–Crippen MR) is 84.3 cm³/mol. The molecule has 4 rings (SSSR count). The van der Waals surface area contributed by atoms with E-state index in [0.29, 0.717) is 0 Å². The zero-order valence-electron chi connectivity index (χ0n) is 11.4. The van der Waals surface area contributed by atoms with E-state index in [1.807, 2.05) is 48.0 Å². The van der Waals surface area contributed by atoms with Gasteiger partial charge in [-0.1, -0.05) is 6.07 Å². The van der Waals surface area contributed by atoms with Crippen molar-refractivity contribution in [1.82, 2.24) is 18.7 Å². The van der Waals surface area contributed by atoms with Gasteiger partial charge in [-0.2, -0.15) is 4.37 Å². The quantitative estimate of drug-likeness (QED) is 0.564. The van der Waals surface area contributed by atoms with Crippen LogP contribution in [0.3, 0.4) is 0 Å². The van der Waals surface area contributed by atoms with Crippen molar-refractivity contribution < 1.29 is 0 Å². The van der Waals surface area contributed by atoms with Crippen LogP contribution in [0, 0.1) is 6.92 Å². The number of pyridine rings is 2. The summed E-state index contributed by atoms with van der Waals surface area (Å²) in [5.74, 6) is 0. The molecular weight excluding hydrogens is 280 g/mol. The van der Waals surface area contributed by atoms with Gasteiger partial charge < -0.3 is 4.40 Å². The minimum Gasteiger partial charge on any atom is -0.306 e. The number of fused-ring (bicyclic) bond motifs is 1. The first kappa shape index (κ1) is 12.2. The minimum atomic E-state index is 0.943. The molecule has 4 heterocycles. The molecule has 4 aromatic heterocycles. The van der Waals surface area contributed by atoms with E-state index in [1.165, 1.54) is 11.5 Å². The van der Waals surface area contributed by atoms with Crippen molar-refractivity contribution in [2.24, 2.45) is 0 Å². The van der Waals surface area contributed by atoms with Crippen molar-refractivity contribution in [3.63, 3.8) is 0 Å². The molecule has 0 unspecified atom stereocenters. The van der Waals surface area contributed by atoms with Crippen LogP contribution in [-0.4, -0.2) is 18.7 Å². The number of rotatable bonds is 2. The SMILES string of the molecule is Cc1cccc(-c2cnsc2-c2ccc3nccn3c2)n1. The largest absolute Gasteiger partial charge is 0.306 e. The van der Waals surface area contributed by atoms with Crippen molar-refractivity contribution in [3.8, 4) is 21.7 Å². The summed E-state index contributed by atoms with van der Waals surface area (Å²) >= 11 is 1.49. The van der Waals surface area contributed by atoms with Crippen molar-refractivity contribution in [3.05, 3.63) is 60.8 Å². The highest BCUT2D eigenvalue weighted by Crippen LogP contribution is 2.34. The van der Waals surface area contributed by atoms with Gasteiger partial charge in [-0.3, -0.25) is 4.98 Å². The second kappa shape index (κ2) is 4.79. The number of nitrogens with zero attached hydrogens (tertiary/aromatic N) is 4. The first-order valence-electron chi connectivity index (χ1n) is 6.63. The van der Waals surface area contributed by atoms with E-state index < -0.39 is 0 Å². The average molecular weight is 292 g/mol. The monoisotopic (exact) mass is 292 g/mol. The normalized spacial score (nSPS) is 11.1. The third-order valence-electron chi connectivity index (χ3n) is 3.39. The summed E-state index contributed by atoms with van der Waals surface area (Å²) in [7, 11) is 0. The molecule has 0 atom stereocenters. The Morgan fingerprint density at radius 3 is 3.00 bits per heavy atom. The molecule has 5 heteroatoms. The third kappa shape index (κ3) is 2.11. The minimum absolute atomic E-state index is 0.943. The lowest BCUT2D eigenvalue weighted by molar-refractivity contribution is 1.19. The van der Waals surface area contributed by atoms with Gasteiger partial charge in [-0.05, 0) is 42.7 Å². The molecule has 0 bridgehead atoms. The molecule has 0 amide bonds. The fraction of sp³-hybridized carbons (Fsp3) is 0.0625. The molecule has 0 fully saturated rings. The summed E-state index contributed by atoms with van der Waals surface area (Å²) in [6.45, 7) is 2.00. The molecule has 4 aromatic rings. The zero-order valence-corrected chi connectivity index (χ0v) is 12.2. The predicted octanol–water partition coefficient (Wildman–Crippen LogP) is 3.83. The number of imidazole rings is 1. The Morgan fingerprint density at radius 2 is 2.10 bits per heavy atom. The number of aryl methyl sites for hydroxylation is 1. The maximum Gasteiger partial charge on any atom is 0.136 e. The van der Waals surface area contributed by atoms with E-state index in [4.69, 9.17) is 0 Å². The van der Waals surface area contributed by atoms with Crippen molar-refractivity contribution in [1.29, 1.82) is 0 Å². The molecule has 0 aliphatic rings. The summed E-state index contributed by atoms with van der Waals surface area (Å²) < 4.78 is 6.37. The highest BCUT2D eigenvalue weighted by molar-refractivity contribution is 7.10. The lowest BCUT2D eigenvalue weighted by Gasteiger charge is -2.04. The molecule has 0 aromatic carbocycles. The van der Waals surface area contributed by atoms with Gasteiger partial charge in [-0.25, -0.2) is 4.98 Å². The topological polar surface area (TPSA) is 43.1 Å². The lowest BCUT2D eigenvalue weighted by Crippen LogP contribution is -1.88. The van der Waals surface area contributed by atoms with Gasteiger partial charge >= 0.3 is 0 Å². The van der Waals surface area contributed by atoms with Crippen LogP contribution < -0.4 is 0 Å². The summed E-state index contributed by atoms with van der Waals surface area (Å²) in [4.78, 5) is 10.0. The molecule has 0 aliphatic heterocycles. The lowest BCUT2D eigenvalue weighted by atomic mass is 10.1. The van der Waals surface area contributed by atoms with Gasteiger partial charge in [0.05, 0.1) is 16.8 Å². The Morgan fingerprint density at radius 1 is 1.14 bits per heavy atom. The van der Waals surface area contributed by atoms with Gasteiger partial charge in [0.2, 0.25) is 0 Å². The van der Waals surface area contributed by atoms with E-state index >= 15 is 0 Å². The molecule has 0 saturated carbocycles. The summed E-state index contributed by atoms with van der Waals surface area (Å²) in [6, 6.07) is 10.1. The highest BCUT2D eigenvalue weighted by atomic mass is 32.1. The number of aromatic nitrogens is 4. The Bertz CT molecular complexity index is 923. The van der Waals surface area contributed by atoms with E-state index in [9.17, 15) is 0 Å². The Kier molecular flexibility index (Phi) is 2.79. The van der Waals surface area contributed by atoms with Crippen LogP contribution in [0.2, 0.25) is 0 Å². The van der Waals surface area contributed by atoms with Crippen LogP contribution >= 0.6 is 11.5 Å². The van der Waals surface area contributed by atoms with Crippen molar-refractivity contribution in [2.45, 2.75) is 6.92 Å². The number of hydrogen-bond donors (Lipinski definition) is 0. The molecule has 102 valence electrons. The highest BCUT2D eigenvalue weighted by Gasteiger charge is 2.12. The fourth-order valence-corrected chi connectivity index (χ4v) is 3.12. The zero-order chi connectivity index (χ0) is 14.2. The first-order valence-corrected chi connectivity index (χ1v) is 7.40. The molecule has 0 saturated heterocycles. The van der Waals surface area contributed by atoms with Crippen molar-refractivity contribution in [2.75, 3.05) is 0 Å². The van der Waals surface area contributed by atoms with E-state index in [-0.39, 0.29) is 0 Å². The van der Waals surface area contributed by atoms with Gasteiger partial charge in [-0.15, -0.1) is 0 Å². The van der Waals surface area contributed by atoms with Crippen LogP contribution in [0.5, 0.6) is 0 Å². The van der Waals surface area contributed by atoms with Crippen LogP contribution in [-0.2, 0) is 0 Å². The van der Waals surface area contributed by atoms with Gasteiger partial charge in [0, 0.05) is 35.4 Å². The first-order chi connectivity index (χ1) is 10.3. The Labute approximate surface area is 125 Å². The molecular formula is C16H12N4S. The maximum atomic E-state index is 4.60. The standard InChI is InChI=1S/C16H12N4S/c1-11-3-2-4-14(19-11)13-9-18-21-16(13)12-5-6-15-17-7-8-20(15)10-12/h2-10H,1H3. The number of hydrogen-bond acceptors (Lipinski definition) is 4.